The molecule has 1 N–H and O–H groups in total. The average Bonchev–Trinajstić information content (AvgIpc) is 3.38. The van der Waals surface area contributed by atoms with Crippen LogP contribution >= 0.6 is 11.3 Å². The molecular weight excluding hydrogens is 436 g/mol. The van der Waals surface area contributed by atoms with E-state index in [2.05, 4.69) is 87.7 Å². The van der Waals surface area contributed by atoms with Gasteiger partial charge in [-0.15, -0.1) is 11.3 Å². The third-order valence-corrected chi connectivity index (χ3v) is 8.87. The van der Waals surface area contributed by atoms with Crippen molar-refractivity contribution < 1.29 is 9.84 Å². The molecule has 2 aliphatic rings. The van der Waals surface area contributed by atoms with Gasteiger partial charge >= 0.3 is 0 Å². The Morgan fingerprint density at radius 1 is 0.794 bits per heavy atom. The van der Waals surface area contributed by atoms with E-state index in [0.29, 0.717) is 5.75 Å². The van der Waals surface area contributed by atoms with Gasteiger partial charge in [-0.3, -0.25) is 0 Å². The van der Waals surface area contributed by atoms with Crippen molar-refractivity contribution in [3.8, 4) is 33.1 Å². The summed E-state index contributed by atoms with van der Waals surface area (Å²) in [5, 5.41) is 15.5. The number of ether oxygens (including phenoxy) is 1. The summed E-state index contributed by atoms with van der Waals surface area (Å²) in [4.78, 5) is 1.14. The van der Waals surface area contributed by atoms with Crippen LogP contribution in [-0.4, -0.2) is 12.2 Å². The van der Waals surface area contributed by atoms with E-state index in [-0.39, 0.29) is 16.2 Å². The smallest absolute Gasteiger partial charge is 0.128 e. The van der Waals surface area contributed by atoms with Crippen molar-refractivity contribution in [3.05, 3.63) is 71.1 Å². The first-order valence-electron chi connectivity index (χ1n) is 12.2. The minimum atomic E-state index is -0.0947. The Kier molecular flexibility index (Phi) is 4.55. The molecule has 2 aliphatic carbocycles. The van der Waals surface area contributed by atoms with Crippen LogP contribution in [0.2, 0.25) is 0 Å². The first-order chi connectivity index (χ1) is 16.1. The fraction of sp³-hybridized carbons (Fsp3) is 0.355. The molecule has 1 fully saturated rings. The maximum Gasteiger partial charge on any atom is 0.128 e. The number of methoxy groups -OCH3 is 1. The van der Waals surface area contributed by atoms with Crippen LogP contribution in [0.1, 0.15) is 58.1 Å². The van der Waals surface area contributed by atoms with Crippen LogP contribution in [0.15, 0.2) is 60.0 Å². The molecular formula is C31H32O2S. The van der Waals surface area contributed by atoms with E-state index in [4.69, 9.17) is 4.74 Å². The molecule has 3 aromatic carbocycles. The van der Waals surface area contributed by atoms with Crippen LogP contribution in [0.4, 0.5) is 0 Å². The molecule has 6 rings (SSSR count). The first-order valence-corrected chi connectivity index (χ1v) is 13.0. The van der Waals surface area contributed by atoms with Crippen molar-refractivity contribution in [2.24, 2.45) is 10.8 Å². The predicted molar refractivity (Wildman–Crippen MR) is 143 cm³/mol. The largest absolute Gasteiger partial charge is 0.507 e. The Bertz CT molecular complexity index is 1410. The summed E-state index contributed by atoms with van der Waals surface area (Å²) in [6, 6.07) is 19.4. The summed E-state index contributed by atoms with van der Waals surface area (Å²) in [6.07, 6.45) is 3.38. The lowest BCUT2D eigenvalue weighted by molar-refractivity contribution is 0.0645. The van der Waals surface area contributed by atoms with Crippen molar-refractivity contribution in [2.45, 2.75) is 52.4 Å². The van der Waals surface area contributed by atoms with E-state index in [1.807, 2.05) is 0 Å². The second-order valence-electron chi connectivity index (χ2n) is 11.9. The van der Waals surface area contributed by atoms with Crippen LogP contribution in [-0.2, 0) is 5.41 Å². The fourth-order valence-corrected chi connectivity index (χ4v) is 8.40. The SMILES string of the molecule is COc1cc2c3c(cc(O)c2cc1-c1cccs1)C1(CC(C)(C)CC(C)(C)C1)c1ccccc1-3. The van der Waals surface area contributed by atoms with Crippen molar-refractivity contribution in [2.75, 3.05) is 7.11 Å². The maximum absolute atomic E-state index is 11.4. The molecule has 0 aliphatic heterocycles. The van der Waals surface area contributed by atoms with Gasteiger partial charge in [-0.25, -0.2) is 0 Å². The van der Waals surface area contributed by atoms with E-state index in [1.165, 1.54) is 28.7 Å². The lowest BCUT2D eigenvalue weighted by Crippen LogP contribution is -2.43. The van der Waals surface area contributed by atoms with Gasteiger partial charge in [-0.1, -0.05) is 58.0 Å². The number of phenols is 1. The average molecular weight is 469 g/mol. The minimum Gasteiger partial charge on any atom is -0.507 e. The van der Waals surface area contributed by atoms with Gasteiger partial charge in [0.2, 0.25) is 0 Å². The lowest BCUT2D eigenvalue weighted by Gasteiger charge is -2.51. The van der Waals surface area contributed by atoms with Crippen LogP contribution in [0.5, 0.6) is 11.5 Å². The Morgan fingerprint density at radius 2 is 1.53 bits per heavy atom. The molecule has 1 saturated carbocycles. The number of aromatic hydroxyl groups is 1. The molecule has 34 heavy (non-hydrogen) atoms. The molecule has 174 valence electrons. The number of rotatable bonds is 2. The number of thiophene rings is 1. The Hall–Kier alpha value is -2.78. The van der Waals surface area contributed by atoms with Crippen molar-refractivity contribution in [1.82, 2.24) is 0 Å². The zero-order chi connectivity index (χ0) is 23.9. The zero-order valence-corrected chi connectivity index (χ0v) is 21.5. The number of hydrogen-bond donors (Lipinski definition) is 1. The van der Waals surface area contributed by atoms with Crippen molar-refractivity contribution >= 4 is 22.1 Å². The molecule has 1 aromatic heterocycles. The number of hydrogen-bond acceptors (Lipinski definition) is 3. The van der Waals surface area contributed by atoms with E-state index >= 15 is 0 Å². The summed E-state index contributed by atoms with van der Waals surface area (Å²) in [5.74, 6) is 1.22. The molecule has 3 heteroatoms. The Morgan fingerprint density at radius 3 is 2.21 bits per heavy atom. The van der Waals surface area contributed by atoms with Gasteiger partial charge < -0.3 is 9.84 Å². The second kappa shape index (κ2) is 7.11. The molecule has 0 bridgehead atoms. The highest BCUT2D eigenvalue weighted by molar-refractivity contribution is 7.13. The highest BCUT2D eigenvalue weighted by Crippen LogP contribution is 2.65. The summed E-state index contributed by atoms with van der Waals surface area (Å²) in [6.45, 7) is 9.64. The molecule has 0 atom stereocenters. The van der Waals surface area contributed by atoms with Gasteiger partial charge in [0.05, 0.1) is 7.11 Å². The summed E-state index contributed by atoms with van der Waals surface area (Å²) in [7, 11) is 1.74. The Labute approximate surface area is 206 Å². The third kappa shape index (κ3) is 3.06. The molecule has 1 spiro atoms. The normalized spacial score (nSPS) is 19.2. The molecule has 4 aromatic rings. The van der Waals surface area contributed by atoms with Gasteiger partial charge in [0.1, 0.15) is 11.5 Å². The highest BCUT2D eigenvalue weighted by atomic mass is 32.1. The lowest BCUT2D eigenvalue weighted by atomic mass is 9.52. The van der Waals surface area contributed by atoms with Crippen LogP contribution in [0.3, 0.4) is 0 Å². The highest BCUT2D eigenvalue weighted by Gasteiger charge is 2.53. The monoisotopic (exact) mass is 468 g/mol. The van der Waals surface area contributed by atoms with Gasteiger partial charge in [-0.2, -0.15) is 0 Å². The van der Waals surface area contributed by atoms with Crippen LogP contribution < -0.4 is 4.74 Å². The number of benzene rings is 3. The topological polar surface area (TPSA) is 29.5 Å². The number of phenolic OH excluding ortho intramolecular Hbond substituents is 1. The van der Waals surface area contributed by atoms with Crippen LogP contribution in [0, 0.1) is 10.8 Å². The summed E-state index contributed by atoms with van der Waals surface area (Å²) >= 11 is 1.69. The molecule has 0 radical (unpaired) electrons. The first kappa shape index (κ1) is 21.7. The van der Waals surface area contributed by atoms with E-state index in [1.54, 1.807) is 18.4 Å². The minimum absolute atomic E-state index is 0.0947. The van der Waals surface area contributed by atoms with Gasteiger partial charge in [0.15, 0.2) is 0 Å². The van der Waals surface area contributed by atoms with Crippen LogP contribution in [0.25, 0.3) is 32.3 Å². The van der Waals surface area contributed by atoms with Gasteiger partial charge in [-0.05, 0) is 87.4 Å². The third-order valence-electron chi connectivity index (χ3n) is 7.97. The molecule has 0 amide bonds. The number of fused-ring (bicyclic) bond motifs is 7. The van der Waals surface area contributed by atoms with Gasteiger partial charge in [0.25, 0.3) is 0 Å². The summed E-state index contributed by atoms with van der Waals surface area (Å²) in [5.41, 5.74) is 6.63. The maximum atomic E-state index is 11.4. The standard InChI is InChI=1S/C31H32O2S/c1-29(2)16-30(3,4)18-31(17-29)23-10-7-6-9-19(23)28-21-14-26(33-5)22(27-11-8-12-34-27)13-20(21)25(32)15-24(28)31/h6-15,32H,16-18H2,1-5H3. The van der Waals surface area contributed by atoms with E-state index in [0.717, 1.165) is 39.8 Å². The molecule has 0 saturated heterocycles. The van der Waals surface area contributed by atoms with Crippen molar-refractivity contribution in [3.63, 3.8) is 0 Å². The fourth-order valence-electron chi connectivity index (χ4n) is 7.65. The summed E-state index contributed by atoms with van der Waals surface area (Å²) < 4.78 is 5.89. The predicted octanol–water partition coefficient (Wildman–Crippen LogP) is 8.79. The van der Waals surface area contributed by atoms with E-state index in [9.17, 15) is 5.11 Å². The molecule has 1 heterocycles. The zero-order valence-electron chi connectivity index (χ0n) is 20.7. The molecule has 0 unspecified atom stereocenters. The molecule has 2 nitrogen and oxygen atoms in total. The second-order valence-corrected chi connectivity index (χ2v) is 12.8. The quantitative estimate of drug-likeness (QED) is 0.318. The van der Waals surface area contributed by atoms with E-state index < -0.39 is 0 Å². The Balaban J connectivity index is 1.70. The van der Waals surface area contributed by atoms with Gasteiger partial charge in [0, 0.05) is 21.2 Å². The van der Waals surface area contributed by atoms with Crippen molar-refractivity contribution in [1.29, 1.82) is 0 Å².